The second-order valence-corrected chi connectivity index (χ2v) is 5.62. The molecule has 3 heterocycles. The lowest BCUT2D eigenvalue weighted by Crippen LogP contribution is -2.31. The maximum Gasteiger partial charge on any atom is 0.277 e. The Morgan fingerprint density at radius 2 is 2.42 bits per heavy atom. The summed E-state index contributed by atoms with van der Waals surface area (Å²) in [6, 6.07) is 3.77. The number of hydrogen-bond donors (Lipinski definition) is 1. The largest absolute Gasteiger partial charge is 0.332 e. The maximum atomic E-state index is 5.30. The number of nitrogens with one attached hydrogen (secondary N) is 1. The highest BCUT2D eigenvalue weighted by molar-refractivity contribution is 9.10. The monoisotopic (exact) mass is 322 g/mol. The molecule has 2 aromatic rings. The molecule has 1 unspecified atom stereocenters. The Morgan fingerprint density at radius 1 is 1.47 bits per heavy atom. The van der Waals surface area contributed by atoms with Crippen molar-refractivity contribution in [3.05, 3.63) is 28.6 Å². The van der Waals surface area contributed by atoms with Gasteiger partial charge in [-0.1, -0.05) is 5.16 Å². The lowest BCUT2D eigenvalue weighted by Gasteiger charge is -2.20. The van der Waals surface area contributed by atoms with E-state index in [1.807, 2.05) is 12.1 Å². The van der Waals surface area contributed by atoms with Crippen molar-refractivity contribution < 1.29 is 4.52 Å². The van der Waals surface area contributed by atoms with Crippen LogP contribution in [0.4, 0.5) is 0 Å². The van der Waals surface area contributed by atoms with Gasteiger partial charge in [-0.25, -0.2) is 4.98 Å². The zero-order valence-electron chi connectivity index (χ0n) is 10.5. The molecule has 0 bridgehead atoms. The average molecular weight is 323 g/mol. The number of aromatic nitrogens is 3. The van der Waals surface area contributed by atoms with Crippen LogP contribution in [0.3, 0.4) is 0 Å². The molecular formula is C13H15BrN4O. The van der Waals surface area contributed by atoms with Crippen LogP contribution in [-0.4, -0.2) is 28.2 Å². The number of pyridine rings is 1. The first-order valence-corrected chi connectivity index (χ1v) is 7.26. The van der Waals surface area contributed by atoms with Crippen LogP contribution in [0.25, 0.3) is 11.6 Å². The van der Waals surface area contributed by atoms with Gasteiger partial charge in [-0.2, -0.15) is 4.98 Å². The number of rotatable bonds is 3. The molecule has 0 amide bonds. The molecule has 3 rings (SSSR count). The molecule has 1 saturated heterocycles. The molecule has 6 heteroatoms. The summed E-state index contributed by atoms with van der Waals surface area (Å²) in [4.78, 5) is 8.69. The lowest BCUT2D eigenvalue weighted by atomic mass is 9.96. The fourth-order valence-corrected chi connectivity index (χ4v) is 2.76. The van der Waals surface area contributed by atoms with Gasteiger partial charge in [-0.05, 0) is 59.9 Å². The number of piperidine rings is 1. The van der Waals surface area contributed by atoms with Gasteiger partial charge in [0.15, 0.2) is 5.82 Å². The third-order valence-corrected chi connectivity index (χ3v) is 3.94. The van der Waals surface area contributed by atoms with Crippen molar-refractivity contribution >= 4 is 15.9 Å². The molecule has 1 fully saturated rings. The predicted molar refractivity (Wildman–Crippen MR) is 74.5 cm³/mol. The molecule has 0 spiro atoms. The third-order valence-electron chi connectivity index (χ3n) is 3.30. The highest BCUT2D eigenvalue weighted by Crippen LogP contribution is 2.24. The van der Waals surface area contributed by atoms with E-state index in [4.69, 9.17) is 4.52 Å². The normalized spacial score (nSPS) is 19.5. The van der Waals surface area contributed by atoms with Crippen LogP contribution < -0.4 is 5.32 Å². The second kappa shape index (κ2) is 5.79. The first-order valence-electron chi connectivity index (χ1n) is 6.47. The highest BCUT2D eigenvalue weighted by atomic mass is 79.9. The molecule has 1 aliphatic heterocycles. The van der Waals surface area contributed by atoms with E-state index in [0.717, 1.165) is 29.8 Å². The van der Waals surface area contributed by atoms with Gasteiger partial charge >= 0.3 is 0 Å². The van der Waals surface area contributed by atoms with Gasteiger partial charge in [0, 0.05) is 17.1 Å². The van der Waals surface area contributed by atoms with Gasteiger partial charge in [0.1, 0.15) is 5.69 Å². The molecule has 1 atom stereocenters. The van der Waals surface area contributed by atoms with Gasteiger partial charge in [-0.3, -0.25) is 0 Å². The van der Waals surface area contributed by atoms with Crippen molar-refractivity contribution in [3.8, 4) is 11.6 Å². The van der Waals surface area contributed by atoms with Crippen LogP contribution in [0.1, 0.15) is 18.7 Å². The van der Waals surface area contributed by atoms with Gasteiger partial charge < -0.3 is 9.84 Å². The molecule has 0 saturated carbocycles. The first kappa shape index (κ1) is 12.7. The van der Waals surface area contributed by atoms with Crippen molar-refractivity contribution in [2.45, 2.75) is 19.3 Å². The van der Waals surface area contributed by atoms with Crippen molar-refractivity contribution in [2.75, 3.05) is 13.1 Å². The highest BCUT2D eigenvalue weighted by Gasteiger charge is 2.18. The fourth-order valence-electron chi connectivity index (χ4n) is 2.33. The van der Waals surface area contributed by atoms with Crippen molar-refractivity contribution in [2.24, 2.45) is 5.92 Å². The van der Waals surface area contributed by atoms with E-state index < -0.39 is 0 Å². The summed E-state index contributed by atoms with van der Waals surface area (Å²) in [7, 11) is 0. The Morgan fingerprint density at radius 3 is 3.21 bits per heavy atom. The summed E-state index contributed by atoms with van der Waals surface area (Å²) in [6.07, 6.45) is 5.03. The topological polar surface area (TPSA) is 63.8 Å². The Bertz CT molecular complexity index is 551. The van der Waals surface area contributed by atoms with Gasteiger partial charge in [0.05, 0.1) is 0 Å². The Hall–Kier alpha value is -1.27. The molecule has 1 aliphatic rings. The van der Waals surface area contributed by atoms with Crippen molar-refractivity contribution in [1.29, 1.82) is 0 Å². The van der Waals surface area contributed by atoms with E-state index in [2.05, 4.69) is 36.4 Å². The van der Waals surface area contributed by atoms with Crippen LogP contribution >= 0.6 is 15.9 Å². The Labute approximate surface area is 119 Å². The van der Waals surface area contributed by atoms with E-state index in [1.165, 1.54) is 12.8 Å². The Kier molecular flexibility index (Phi) is 3.89. The van der Waals surface area contributed by atoms with Crippen LogP contribution in [0.2, 0.25) is 0 Å². The molecule has 100 valence electrons. The first-order chi connectivity index (χ1) is 9.33. The molecule has 1 N–H and O–H groups in total. The zero-order valence-corrected chi connectivity index (χ0v) is 12.1. The van der Waals surface area contributed by atoms with Gasteiger partial charge in [-0.15, -0.1) is 0 Å². The summed E-state index contributed by atoms with van der Waals surface area (Å²) in [6.45, 7) is 2.16. The average Bonchev–Trinajstić information content (AvgIpc) is 2.89. The predicted octanol–water partition coefficient (Wildman–Crippen LogP) is 2.44. The lowest BCUT2D eigenvalue weighted by molar-refractivity contribution is 0.359. The molecule has 0 aromatic carbocycles. The number of hydrogen-bond acceptors (Lipinski definition) is 5. The minimum absolute atomic E-state index is 0.478. The van der Waals surface area contributed by atoms with E-state index in [1.54, 1.807) is 6.20 Å². The number of nitrogens with zero attached hydrogens (tertiary/aromatic N) is 3. The number of halogens is 1. The third kappa shape index (κ3) is 3.01. The van der Waals surface area contributed by atoms with E-state index in [0.29, 0.717) is 17.5 Å². The van der Waals surface area contributed by atoms with E-state index in [9.17, 15) is 0 Å². The summed E-state index contributed by atoms with van der Waals surface area (Å²) in [5, 5.41) is 7.45. The van der Waals surface area contributed by atoms with Gasteiger partial charge in [0.2, 0.25) is 0 Å². The van der Waals surface area contributed by atoms with Crippen LogP contribution in [-0.2, 0) is 6.42 Å². The van der Waals surface area contributed by atoms with E-state index in [-0.39, 0.29) is 0 Å². The van der Waals surface area contributed by atoms with Crippen LogP contribution in [0.15, 0.2) is 27.3 Å². The van der Waals surface area contributed by atoms with Crippen molar-refractivity contribution in [3.63, 3.8) is 0 Å². The standard InChI is InChI=1S/C13H15BrN4O/c14-10-4-2-6-16-12(10)13-17-11(18-19-13)7-9-3-1-5-15-8-9/h2,4,6,9,15H,1,3,5,7-8H2. The van der Waals surface area contributed by atoms with Crippen LogP contribution in [0.5, 0.6) is 0 Å². The quantitative estimate of drug-likeness (QED) is 0.940. The van der Waals surface area contributed by atoms with Gasteiger partial charge in [0.25, 0.3) is 5.89 Å². The molecule has 0 aliphatic carbocycles. The summed E-state index contributed by atoms with van der Waals surface area (Å²) in [5.74, 6) is 1.85. The maximum absolute atomic E-state index is 5.30. The molecule has 19 heavy (non-hydrogen) atoms. The summed E-state index contributed by atoms with van der Waals surface area (Å²) in [5.41, 5.74) is 0.697. The summed E-state index contributed by atoms with van der Waals surface area (Å²) >= 11 is 3.44. The summed E-state index contributed by atoms with van der Waals surface area (Å²) < 4.78 is 6.16. The minimum Gasteiger partial charge on any atom is -0.332 e. The second-order valence-electron chi connectivity index (χ2n) is 4.77. The fraction of sp³-hybridized carbons (Fsp3) is 0.462. The Balaban J connectivity index is 1.74. The molecule has 0 radical (unpaired) electrons. The molecular weight excluding hydrogens is 308 g/mol. The smallest absolute Gasteiger partial charge is 0.277 e. The SMILES string of the molecule is Brc1cccnc1-c1nc(CC2CCCNC2)no1. The minimum atomic E-state index is 0.478. The molecule has 5 nitrogen and oxygen atoms in total. The van der Waals surface area contributed by atoms with Crippen LogP contribution in [0, 0.1) is 5.92 Å². The van der Waals surface area contributed by atoms with E-state index >= 15 is 0 Å². The van der Waals surface area contributed by atoms with Crippen molar-refractivity contribution in [1.82, 2.24) is 20.4 Å². The zero-order chi connectivity index (χ0) is 13.1. The molecule has 2 aromatic heterocycles.